The molecule has 1 atom stereocenters. The largest absolute Gasteiger partial charge is 0.398 e. The Balaban J connectivity index is 2.04. The molecule has 3 heteroatoms. The number of rotatable bonds is 1. The van der Waals surface area contributed by atoms with Crippen LogP contribution in [0.4, 0.5) is 17.1 Å². The average molecular weight is 289 g/mol. The first-order valence-electron chi connectivity index (χ1n) is 7.57. The van der Waals surface area contributed by atoms with E-state index in [4.69, 9.17) is 5.73 Å². The molecule has 22 heavy (non-hydrogen) atoms. The van der Waals surface area contributed by atoms with E-state index in [-0.39, 0.29) is 6.17 Å². The second kappa shape index (κ2) is 4.67. The van der Waals surface area contributed by atoms with Crippen molar-refractivity contribution >= 4 is 22.8 Å². The molecule has 0 spiro atoms. The van der Waals surface area contributed by atoms with Gasteiger partial charge in [0, 0.05) is 23.9 Å². The molecule has 2 aliphatic heterocycles. The van der Waals surface area contributed by atoms with Gasteiger partial charge in [-0.2, -0.15) is 0 Å². The molecule has 0 radical (unpaired) electrons. The maximum atomic E-state index is 6.50. The van der Waals surface area contributed by atoms with Gasteiger partial charge in [-0.1, -0.05) is 42.5 Å². The van der Waals surface area contributed by atoms with E-state index < -0.39 is 0 Å². The second-order valence-corrected chi connectivity index (χ2v) is 5.73. The first-order valence-corrected chi connectivity index (χ1v) is 7.57. The van der Waals surface area contributed by atoms with Crippen molar-refractivity contribution in [2.75, 3.05) is 16.8 Å². The third kappa shape index (κ3) is 1.56. The van der Waals surface area contributed by atoms with Crippen molar-refractivity contribution in [1.29, 1.82) is 0 Å². The minimum Gasteiger partial charge on any atom is -0.398 e. The molecule has 0 saturated heterocycles. The predicted molar refractivity (Wildman–Crippen MR) is 93.1 cm³/mol. The van der Waals surface area contributed by atoms with Gasteiger partial charge in [0.1, 0.15) is 6.17 Å². The fourth-order valence-electron chi connectivity index (χ4n) is 3.57. The van der Waals surface area contributed by atoms with Crippen molar-refractivity contribution in [1.82, 2.24) is 0 Å². The molecule has 0 saturated carbocycles. The van der Waals surface area contributed by atoms with Crippen LogP contribution < -0.4 is 15.5 Å². The molecule has 2 aromatic carbocycles. The van der Waals surface area contributed by atoms with Gasteiger partial charge in [-0.05, 0) is 25.1 Å². The highest BCUT2D eigenvalue weighted by Gasteiger charge is 2.40. The third-order valence-electron chi connectivity index (χ3n) is 4.52. The zero-order valence-corrected chi connectivity index (χ0v) is 12.8. The van der Waals surface area contributed by atoms with Crippen LogP contribution in [0.1, 0.15) is 12.5 Å². The van der Waals surface area contributed by atoms with Crippen molar-refractivity contribution in [3.05, 3.63) is 71.8 Å². The first-order chi connectivity index (χ1) is 10.7. The van der Waals surface area contributed by atoms with Crippen LogP contribution in [0.25, 0.3) is 5.70 Å². The Labute approximate surface area is 131 Å². The Morgan fingerprint density at radius 1 is 0.955 bits per heavy atom. The number of anilines is 3. The lowest BCUT2D eigenvalue weighted by molar-refractivity contribution is 0.765. The Kier molecular flexibility index (Phi) is 2.76. The van der Waals surface area contributed by atoms with Crippen molar-refractivity contribution in [2.45, 2.75) is 13.1 Å². The van der Waals surface area contributed by atoms with Crippen molar-refractivity contribution < 1.29 is 0 Å². The Morgan fingerprint density at radius 2 is 1.59 bits per heavy atom. The normalized spacial score (nSPS) is 19.5. The molecular formula is C19H19N3. The van der Waals surface area contributed by atoms with Crippen LogP contribution in [0.5, 0.6) is 0 Å². The summed E-state index contributed by atoms with van der Waals surface area (Å²) < 4.78 is 0. The van der Waals surface area contributed by atoms with Crippen LogP contribution in [0, 0.1) is 0 Å². The number of fused-ring (bicyclic) bond motifs is 5. The summed E-state index contributed by atoms with van der Waals surface area (Å²) in [4.78, 5) is 4.68. The topological polar surface area (TPSA) is 32.5 Å². The molecule has 0 fully saturated rings. The summed E-state index contributed by atoms with van der Waals surface area (Å²) in [6.07, 6.45) is 4.31. The van der Waals surface area contributed by atoms with Gasteiger partial charge in [0.05, 0.1) is 17.1 Å². The molecule has 2 N–H and O–H groups in total. The smallest absolute Gasteiger partial charge is 0.134 e. The molecule has 3 nitrogen and oxygen atoms in total. The molecular weight excluding hydrogens is 270 g/mol. The van der Waals surface area contributed by atoms with Gasteiger partial charge in [0.2, 0.25) is 0 Å². The average Bonchev–Trinajstić information content (AvgIpc) is 2.85. The Bertz CT molecular complexity index is 804. The lowest BCUT2D eigenvalue weighted by Crippen LogP contribution is -2.43. The number of para-hydroxylation sites is 3. The van der Waals surface area contributed by atoms with Gasteiger partial charge in [0.25, 0.3) is 0 Å². The molecule has 0 amide bonds. The minimum atomic E-state index is 0.114. The fourth-order valence-corrected chi connectivity index (χ4v) is 3.57. The third-order valence-corrected chi connectivity index (χ3v) is 4.52. The summed E-state index contributed by atoms with van der Waals surface area (Å²) in [6.45, 7) is 2.03. The van der Waals surface area contributed by atoms with Crippen LogP contribution in [0.3, 0.4) is 0 Å². The van der Waals surface area contributed by atoms with E-state index in [1.165, 1.54) is 17.1 Å². The Hall–Kier alpha value is -2.68. The number of nitrogens with zero attached hydrogens (tertiary/aromatic N) is 2. The van der Waals surface area contributed by atoms with Gasteiger partial charge in [-0.3, -0.25) is 0 Å². The van der Waals surface area contributed by atoms with E-state index in [1.807, 2.05) is 13.0 Å². The van der Waals surface area contributed by atoms with Gasteiger partial charge < -0.3 is 15.5 Å². The Morgan fingerprint density at radius 3 is 2.32 bits per heavy atom. The van der Waals surface area contributed by atoms with Crippen LogP contribution in [0.2, 0.25) is 0 Å². The number of hydrogen-bond acceptors (Lipinski definition) is 3. The summed E-state index contributed by atoms with van der Waals surface area (Å²) in [6, 6.07) is 16.9. The van der Waals surface area contributed by atoms with E-state index in [9.17, 15) is 0 Å². The number of benzene rings is 2. The SMILES string of the molecule is C/C=C\C1=C(N)c2ccccc2N2c3ccccc3N(C)C12. The predicted octanol–water partition coefficient (Wildman–Crippen LogP) is 3.86. The monoisotopic (exact) mass is 289 g/mol. The zero-order valence-electron chi connectivity index (χ0n) is 12.8. The van der Waals surface area contributed by atoms with Gasteiger partial charge in [-0.15, -0.1) is 0 Å². The highest BCUT2D eigenvalue weighted by Crippen LogP contribution is 2.50. The quantitative estimate of drug-likeness (QED) is 0.865. The summed E-state index contributed by atoms with van der Waals surface area (Å²) in [5.41, 5.74) is 13.3. The highest BCUT2D eigenvalue weighted by molar-refractivity contribution is 5.94. The summed E-state index contributed by atoms with van der Waals surface area (Å²) in [7, 11) is 2.13. The summed E-state index contributed by atoms with van der Waals surface area (Å²) in [5.74, 6) is 0. The van der Waals surface area contributed by atoms with Crippen LogP contribution in [-0.2, 0) is 0 Å². The number of likely N-dealkylation sites (N-methyl/N-ethyl adjacent to an activating group) is 1. The maximum absolute atomic E-state index is 6.50. The summed E-state index contributed by atoms with van der Waals surface area (Å²) >= 11 is 0. The number of hydrogen-bond donors (Lipinski definition) is 1. The molecule has 0 bridgehead atoms. The first kappa shape index (κ1) is 13.0. The molecule has 0 aromatic heterocycles. The molecule has 4 rings (SSSR count). The minimum absolute atomic E-state index is 0.114. The second-order valence-electron chi connectivity index (χ2n) is 5.73. The van der Waals surface area contributed by atoms with Crippen molar-refractivity contribution in [3.63, 3.8) is 0 Å². The van der Waals surface area contributed by atoms with Crippen LogP contribution >= 0.6 is 0 Å². The molecule has 2 heterocycles. The molecule has 0 aliphatic carbocycles. The maximum Gasteiger partial charge on any atom is 0.134 e. The van der Waals surface area contributed by atoms with E-state index >= 15 is 0 Å². The molecule has 110 valence electrons. The van der Waals surface area contributed by atoms with Gasteiger partial charge >= 0.3 is 0 Å². The van der Waals surface area contributed by atoms with E-state index in [1.54, 1.807) is 0 Å². The fraction of sp³-hybridized carbons (Fsp3) is 0.158. The van der Waals surface area contributed by atoms with Gasteiger partial charge in [-0.25, -0.2) is 0 Å². The summed E-state index contributed by atoms with van der Waals surface area (Å²) in [5, 5.41) is 0. The van der Waals surface area contributed by atoms with E-state index in [0.717, 1.165) is 16.8 Å². The lowest BCUT2D eigenvalue weighted by Gasteiger charge is -2.37. The van der Waals surface area contributed by atoms with Crippen LogP contribution in [-0.4, -0.2) is 13.2 Å². The zero-order chi connectivity index (χ0) is 15.3. The molecule has 2 aliphatic rings. The molecule has 1 unspecified atom stereocenters. The number of allylic oxidation sites excluding steroid dienone is 1. The van der Waals surface area contributed by atoms with Crippen LogP contribution in [0.15, 0.2) is 66.3 Å². The van der Waals surface area contributed by atoms with Crippen molar-refractivity contribution in [3.8, 4) is 0 Å². The lowest BCUT2D eigenvalue weighted by atomic mass is 9.96. The molecule has 2 aromatic rings. The highest BCUT2D eigenvalue weighted by atomic mass is 15.4. The van der Waals surface area contributed by atoms with E-state index in [0.29, 0.717) is 0 Å². The number of nitrogens with two attached hydrogens (primary N) is 1. The van der Waals surface area contributed by atoms with Crippen molar-refractivity contribution in [2.24, 2.45) is 5.73 Å². The van der Waals surface area contributed by atoms with E-state index in [2.05, 4.69) is 71.5 Å². The van der Waals surface area contributed by atoms with Gasteiger partial charge in [0.15, 0.2) is 0 Å². The standard InChI is InChI=1S/C19H19N3/c1-3-8-14-18(20)13-9-4-5-10-15(13)22-17-12-7-6-11-16(17)21(2)19(14)22/h3-12,19H,20H2,1-2H3/b8-3-.